The van der Waals surface area contributed by atoms with Crippen LogP contribution in [0.15, 0.2) is 46.9 Å². The van der Waals surface area contributed by atoms with E-state index in [0.29, 0.717) is 44.1 Å². The fourth-order valence-corrected chi connectivity index (χ4v) is 4.24. The van der Waals surface area contributed by atoms with Gasteiger partial charge in [-0.15, -0.1) is 0 Å². The van der Waals surface area contributed by atoms with Crippen LogP contribution >= 0.6 is 0 Å². The summed E-state index contributed by atoms with van der Waals surface area (Å²) in [7, 11) is 0. The molecule has 0 spiro atoms. The van der Waals surface area contributed by atoms with Crippen LogP contribution in [-0.2, 0) is 9.53 Å². The van der Waals surface area contributed by atoms with Crippen LogP contribution in [0, 0.1) is 18.3 Å². The maximum Gasteiger partial charge on any atom is 0.161 e. The predicted octanol–water partition coefficient (Wildman–Crippen LogP) is 2.34. The van der Waals surface area contributed by atoms with E-state index in [4.69, 9.17) is 10.5 Å². The lowest BCUT2D eigenvalue weighted by atomic mass is 9.76. The zero-order valence-electron chi connectivity index (χ0n) is 15.6. The number of ketones is 1. The van der Waals surface area contributed by atoms with Gasteiger partial charge in [-0.2, -0.15) is 5.26 Å². The van der Waals surface area contributed by atoms with Gasteiger partial charge in [0.1, 0.15) is 5.82 Å². The van der Waals surface area contributed by atoms with Crippen LogP contribution in [0.25, 0.3) is 0 Å². The normalized spacial score (nSPS) is 24.1. The fourth-order valence-electron chi connectivity index (χ4n) is 4.24. The number of morpholine rings is 1. The van der Waals surface area contributed by atoms with Gasteiger partial charge in [0.05, 0.1) is 30.8 Å². The molecule has 4 rings (SSSR count). The van der Waals surface area contributed by atoms with Gasteiger partial charge in [0, 0.05) is 30.8 Å². The summed E-state index contributed by atoms with van der Waals surface area (Å²) in [6.45, 7) is 4.64. The van der Waals surface area contributed by atoms with Gasteiger partial charge in [0.2, 0.25) is 0 Å². The topological polar surface area (TPSA) is 82.6 Å². The van der Waals surface area contributed by atoms with E-state index in [9.17, 15) is 10.1 Å². The van der Waals surface area contributed by atoms with Gasteiger partial charge in [0.15, 0.2) is 5.78 Å². The van der Waals surface area contributed by atoms with Gasteiger partial charge < -0.3 is 10.5 Å². The van der Waals surface area contributed by atoms with Crippen LogP contribution < -0.4 is 5.73 Å². The molecule has 0 saturated carbocycles. The van der Waals surface area contributed by atoms with Crippen molar-refractivity contribution >= 4 is 5.78 Å². The minimum Gasteiger partial charge on any atom is -0.383 e. The van der Waals surface area contributed by atoms with E-state index in [1.54, 1.807) is 0 Å². The third kappa shape index (κ3) is 3.03. The molecule has 27 heavy (non-hydrogen) atoms. The fraction of sp³-hybridized carbons (Fsp3) is 0.429. The number of hydrogen-bond acceptors (Lipinski definition) is 6. The zero-order valence-corrected chi connectivity index (χ0v) is 15.6. The Bertz CT molecular complexity index is 857. The van der Waals surface area contributed by atoms with Gasteiger partial charge in [-0.3, -0.25) is 9.80 Å². The van der Waals surface area contributed by atoms with Crippen LogP contribution in [0.2, 0.25) is 0 Å². The number of nitriles is 1. The summed E-state index contributed by atoms with van der Waals surface area (Å²) in [6, 6.07) is 10.3. The Balaban J connectivity index is 1.87. The van der Waals surface area contributed by atoms with Crippen molar-refractivity contribution in [1.29, 1.82) is 5.26 Å². The Hall–Kier alpha value is -2.62. The Morgan fingerprint density at radius 3 is 2.56 bits per heavy atom. The summed E-state index contributed by atoms with van der Waals surface area (Å²) in [5, 5.41) is 14.0. The van der Waals surface area contributed by atoms with Gasteiger partial charge in [-0.25, -0.2) is 5.01 Å². The van der Waals surface area contributed by atoms with E-state index in [2.05, 4.69) is 11.1 Å². The van der Waals surface area contributed by atoms with E-state index in [1.807, 2.05) is 36.2 Å². The third-order valence-corrected chi connectivity index (χ3v) is 5.57. The molecule has 2 aliphatic heterocycles. The number of benzene rings is 1. The van der Waals surface area contributed by atoms with Crippen molar-refractivity contribution in [2.75, 3.05) is 26.3 Å². The van der Waals surface area contributed by atoms with Crippen LogP contribution in [-0.4, -0.2) is 42.1 Å². The quantitative estimate of drug-likeness (QED) is 0.867. The largest absolute Gasteiger partial charge is 0.383 e. The molecule has 0 aromatic heterocycles. The van der Waals surface area contributed by atoms with Crippen molar-refractivity contribution in [2.24, 2.45) is 5.73 Å². The van der Waals surface area contributed by atoms with E-state index in [0.717, 1.165) is 35.2 Å². The highest BCUT2D eigenvalue weighted by Crippen LogP contribution is 2.45. The average molecular weight is 364 g/mol. The lowest BCUT2D eigenvalue weighted by molar-refractivity contribution is -0.117. The first-order valence-electron chi connectivity index (χ1n) is 9.47. The molecule has 0 radical (unpaired) electrons. The molecule has 3 aliphatic rings. The van der Waals surface area contributed by atoms with Crippen LogP contribution in [0.5, 0.6) is 0 Å². The number of carbonyl (C=O) groups excluding carboxylic acids is 1. The Morgan fingerprint density at radius 2 is 1.89 bits per heavy atom. The zero-order chi connectivity index (χ0) is 19.0. The molecule has 1 aromatic rings. The number of hydrazine groups is 1. The van der Waals surface area contributed by atoms with Crippen molar-refractivity contribution < 1.29 is 9.53 Å². The molecule has 2 N–H and O–H groups in total. The molecule has 0 amide bonds. The highest BCUT2D eigenvalue weighted by molar-refractivity contribution is 5.99. The van der Waals surface area contributed by atoms with Crippen LogP contribution in [0.4, 0.5) is 0 Å². The Morgan fingerprint density at radius 1 is 1.19 bits per heavy atom. The monoisotopic (exact) mass is 364 g/mol. The summed E-state index contributed by atoms with van der Waals surface area (Å²) in [5.41, 5.74) is 10.8. The molecular formula is C21H24N4O2. The van der Waals surface area contributed by atoms with Gasteiger partial charge in [-0.05, 0) is 25.3 Å². The van der Waals surface area contributed by atoms with E-state index < -0.39 is 0 Å². The molecule has 1 saturated heterocycles. The number of hydrogen-bond donors (Lipinski definition) is 1. The second kappa shape index (κ2) is 7.18. The first-order chi connectivity index (χ1) is 13.1. The SMILES string of the molecule is Cc1ccc(C2C(C#N)=C(N)N(N3CCOCC3)C3=C2C(=O)CCC3)cc1. The molecule has 6 heteroatoms. The molecule has 1 atom stereocenters. The second-order valence-electron chi connectivity index (χ2n) is 7.27. The lowest BCUT2D eigenvalue weighted by Crippen LogP contribution is -2.52. The minimum absolute atomic E-state index is 0.125. The smallest absolute Gasteiger partial charge is 0.161 e. The number of aryl methyl sites for hydroxylation is 1. The van der Waals surface area contributed by atoms with Gasteiger partial charge in [0.25, 0.3) is 0 Å². The van der Waals surface area contributed by atoms with E-state index >= 15 is 0 Å². The first kappa shape index (κ1) is 17.8. The molecule has 6 nitrogen and oxygen atoms in total. The third-order valence-electron chi connectivity index (χ3n) is 5.57. The lowest BCUT2D eigenvalue weighted by Gasteiger charge is -2.45. The highest BCUT2D eigenvalue weighted by atomic mass is 16.5. The Kier molecular flexibility index (Phi) is 4.73. The number of nitrogens with two attached hydrogens (primary N) is 1. The number of Topliss-reactive ketones (excluding diaryl/α,β-unsaturated/α-hetero) is 1. The standard InChI is InChI=1S/C21H24N4O2/c1-14-5-7-15(8-6-14)19-16(13-22)21(23)25(24-9-11-27-12-10-24)17-3-2-4-18(26)20(17)19/h5-8,19H,2-4,9-12,23H2,1H3. The molecule has 1 aliphatic carbocycles. The second-order valence-corrected chi connectivity index (χ2v) is 7.27. The molecule has 1 fully saturated rings. The maximum absolute atomic E-state index is 13.0. The van der Waals surface area contributed by atoms with Crippen molar-refractivity contribution in [3.63, 3.8) is 0 Å². The Labute approximate surface area is 159 Å². The van der Waals surface area contributed by atoms with Gasteiger partial charge in [-0.1, -0.05) is 29.8 Å². The van der Waals surface area contributed by atoms with E-state index in [-0.39, 0.29) is 11.7 Å². The van der Waals surface area contributed by atoms with Crippen LogP contribution in [0.3, 0.4) is 0 Å². The molecule has 1 unspecified atom stereocenters. The molecule has 1 aromatic carbocycles. The summed E-state index contributed by atoms with van der Waals surface area (Å²) in [5.74, 6) is 0.189. The number of ether oxygens (including phenoxy) is 1. The molecule has 140 valence electrons. The number of carbonyl (C=O) groups is 1. The summed E-state index contributed by atoms with van der Waals surface area (Å²) in [4.78, 5) is 13.0. The van der Waals surface area contributed by atoms with Crippen molar-refractivity contribution in [3.8, 4) is 6.07 Å². The summed E-state index contributed by atoms with van der Waals surface area (Å²) >= 11 is 0. The first-order valence-corrected chi connectivity index (χ1v) is 9.47. The minimum atomic E-state index is -0.379. The van der Waals surface area contributed by atoms with E-state index in [1.165, 1.54) is 0 Å². The number of nitrogens with zero attached hydrogens (tertiary/aromatic N) is 3. The molecular weight excluding hydrogens is 340 g/mol. The number of allylic oxidation sites excluding steroid dienone is 3. The van der Waals surface area contributed by atoms with Crippen molar-refractivity contribution in [2.45, 2.75) is 32.1 Å². The van der Waals surface area contributed by atoms with Crippen LogP contribution in [0.1, 0.15) is 36.3 Å². The van der Waals surface area contributed by atoms with Crippen molar-refractivity contribution in [1.82, 2.24) is 10.0 Å². The maximum atomic E-state index is 13.0. The predicted molar refractivity (Wildman–Crippen MR) is 101 cm³/mol. The molecule has 2 heterocycles. The van der Waals surface area contributed by atoms with Crippen molar-refractivity contribution in [3.05, 3.63) is 58.1 Å². The number of rotatable bonds is 2. The average Bonchev–Trinajstić information content (AvgIpc) is 2.69. The molecule has 0 bridgehead atoms. The highest BCUT2D eigenvalue weighted by Gasteiger charge is 2.41. The van der Waals surface area contributed by atoms with Gasteiger partial charge >= 0.3 is 0 Å². The summed E-state index contributed by atoms with van der Waals surface area (Å²) < 4.78 is 5.46. The summed E-state index contributed by atoms with van der Waals surface area (Å²) in [6.07, 6.45) is 2.13.